The number of rotatable bonds is 2. The minimum absolute atomic E-state index is 0.211. The van der Waals surface area contributed by atoms with Gasteiger partial charge >= 0.3 is 0 Å². The molecule has 0 spiro atoms. The topological polar surface area (TPSA) is 35.6 Å². The number of anilines is 1. The molecule has 1 aromatic rings. The van der Waals surface area contributed by atoms with E-state index in [1.54, 1.807) is 0 Å². The van der Waals surface area contributed by atoms with Crippen LogP contribution in [0.4, 0.5) is 5.69 Å². The minimum atomic E-state index is 0.211. The summed E-state index contributed by atoms with van der Waals surface area (Å²) in [4.78, 5) is 16.7. The molecule has 2 heterocycles. The first-order valence-electron chi connectivity index (χ1n) is 7.14. The molecule has 2 fully saturated rings. The van der Waals surface area contributed by atoms with Gasteiger partial charge in [-0.1, -0.05) is 18.2 Å². The minimum Gasteiger partial charge on any atom is -0.368 e. The van der Waals surface area contributed by atoms with Crippen molar-refractivity contribution in [1.29, 1.82) is 0 Å². The molecule has 0 saturated carbocycles. The second kappa shape index (κ2) is 5.61. The second-order valence-corrected chi connectivity index (χ2v) is 5.34. The molecule has 102 valence electrons. The third-order valence-corrected chi connectivity index (χ3v) is 4.12. The van der Waals surface area contributed by atoms with Crippen molar-refractivity contribution in [3.8, 4) is 0 Å². The Balaban J connectivity index is 1.56. The maximum Gasteiger partial charge on any atom is 0.227 e. The predicted octanol–water partition coefficient (Wildman–Crippen LogP) is 0.945. The van der Waals surface area contributed by atoms with E-state index in [0.717, 1.165) is 45.7 Å². The fourth-order valence-electron chi connectivity index (χ4n) is 2.95. The van der Waals surface area contributed by atoms with Crippen molar-refractivity contribution in [2.45, 2.75) is 6.42 Å². The lowest BCUT2D eigenvalue weighted by atomic mass is 10.1. The first-order chi connectivity index (χ1) is 9.34. The molecule has 1 aromatic carbocycles. The average molecular weight is 259 g/mol. The van der Waals surface area contributed by atoms with Crippen LogP contribution in [0.2, 0.25) is 0 Å². The van der Waals surface area contributed by atoms with Crippen molar-refractivity contribution < 1.29 is 4.79 Å². The molecular weight excluding hydrogens is 238 g/mol. The molecule has 4 nitrogen and oxygen atoms in total. The molecule has 1 amide bonds. The molecule has 1 N–H and O–H groups in total. The quantitative estimate of drug-likeness (QED) is 0.859. The fraction of sp³-hybridized carbons (Fsp3) is 0.533. The molecule has 0 aliphatic carbocycles. The largest absolute Gasteiger partial charge is 0.368 e. The van der Waals surface area contributed by atoms with E-state index in [-0.39, 0.29) is 5.92 Å². The first-order valence-corrected chi connectivity index (χ1v) is 7.14. The predicted molar refractivity (Wildman–Crippen MR) is 76.2 cm³/mol. The van der Waals surface area contributed by atoms with Gasteiger partial charge in [-0.3, -0.25) is 4.79 Å². The Labute approximate surface area is 114 Å². The summed E-state index contributed by atoms with van der Waals surface area (Å²) >= 11 is 0. The van der Waals surface area contributed by atoms with Crippen LogP contribution in [0.3, 0.4) is 0 Å². The summed E-state index contributed by atoms with van der Waals surface area (Å²) in [7, 11) is 0. The highest BCUT2D eigenvalue weighted by atomic mass is 16.2. The molecule has 4 heteroatoms. The van der Waals surface area contributed by atoms with E-state index >= 15 is 0 Å². The van der Waals surface area contributed by atoms with Gasteiger partial charge in [0, 0.05) is 38.4 Å². The lowest BCUT2D eigenvalue weighted by molar-refractivity contribution is -0.135. The average Bonchev–Trinajstić information content (AvgIpc) is 3.02. The number of nitrogens with zero attached hydrogens (tertiary/aromatic N) is 2. The third-order valence-electron chi connectivity index (χ3n) is 4.12. The van der Waals surface area contributed by atoms with Gasteiger partial charge < -0.3 is 15.1 Å². The molecule has 0 bridgehead atoms. The fourth-order valence-corrected chi connectivity index (χ4v) is 2.95. The highest BCUT2D eigenvalue weighted by Gasteiger charge is 2.29. The van der Waals surface area contributed by atoms with Crippen LogP contribution in [0, 0.1) is 5.92 Å². The van der Waals surface area contributed by atoms with Gasteiger partial charge in [-0.15, -0.1) is 0 Å². The van der Waals surface area contributed by atoms with E-state index in [4.69, 9.17) is 0 Å². The molecule has 0 aromatic heterocycles. The van der Waals surface area contributed by atoms with E-state index < -0.39 is 0 Å². The number of carbonyl (C=O) groups is 1. The smallest absolute Gasteiger partial charge is 0.227 e. The summed E-state index contributed by atoms with van der Waals surface area (Å²) in [6.45, 7) is 5.43. The Hall–Kier alpha value is -1.55. The summed E-state index contributed by atoms with van der Waals surface area (Å²) < 4.78 is 0. The van der Waals surface area contributed by atoms with Gasteiger partial charge in [-0.25, -0.2) is 0 Å². The van der Waals surface area contributed by atoms with Gasteiger partial charge in [0.1, 0.15) is 0 Å². The second-order valence-electron chi connectivity index (χ2n) is 5.34. The van der Waals surface area contributed by atoms with Crippen LogP contribution in [0.5, 0.6) is 0 Å². The lowest BCUT2D eigenvalue weighted by Crippen LogP contribution is -2.50. The summed E-state index contributed by atoms with van der Waals surface area (Å²) in [5, 5.41) is 3.27. The SMILES string of the molecule is O=C(C1CCNC1)N1CCN(c2ccccc2)CC1. The van der Waals surface area contributed by atoms with Gasteiger partial charge in [-0.05, 0) is 25.1 Å². The van der Waals surface area contributed by atoms with E-state index in [9.17, 15) is 4.79 Å². The molecule has 19 heavy (non-hydrogen) atoms. The van der Waals surface area contributed by atoms with Crippen molar-refractivity contribution in [2.75, 3.05) is 44.2 Å². The molecule has 1 atom stereocenters. The molecule has 2 saturated heterocycles. The molecular formula is C15H21N3O. The summed E-state index contributed by atoms with van der Waals surface area (Å²) in [6.07, 6.45) is 0.998. The van der Waals surface area contributed by atoms with Crippen LogP contribution in [0.15, 0.2) is 30.3 Å². The summed E-state index contributed by atoms with van der Waals surface area (Å²) in [5.74, 6) is 0.556. The van der Waals surface area contributed by atoms with Crippen LogP contribution in [0.1, 0.15) is 6.42 Å². The summed E-state index contributed by atoms with van der Waals surface area (Å²) in [5.41, 5.74) is 1.26. The number of benzene rings is 1. The van der Waals surface area contributed by atoms with Gasteiger partial charge in [0.15, 0.2) is 0 Å². The van der Waals surface area contributed by atoms with Crippen LogP contribution in [0.25, 0.3) is 0 Å². The zero-order valence-electron chi connectivity index (χ0n) is 11.2. The zero-order chi connectivity index (χ0) is 13.1. The Bertz CT molecular complexity index is 420. The van der Waals surface area contributed by atoms with Crippen molar-refractivity contribution in [1.82, 2.24) is 10.2 Å². The van der Waals surface area contributed by atoms with Crippen molar-refractivity contribution in [2.24, 2.45) is 5.92 Å². The molecule has 2 aliphatic heterocycles. The van der Waals surface area contributed by atoms with Gasteiger partial charge in [-0.2, -0.15) is 0 Å². The van der Waals surface area contributed by atoms with Crippen molar-refractivity contribution in [3.05, 3.63) is 30.3 Å². The Morgan fingerprint density at radius 3 is 2.47 bits per heavy atom. The van der Waals surface area contributed by atoms with E-state index in [1.807, 2.05) is 11.0 Å². The van der Waals surface area contributed by atoms with Gasteiger partial charge in [0.25, 0.3) is 0 Å². The highest BCUT2D eigenvalue weighted by Crippen LogP contribution is 2.18. The maximum absolute atomic E-state index is 12.3. The molecule has 2 aliphatic rings. The van der Waals surface area contributed by atoms with Gasteiger partial charge in [0.05, 0.1) is 5.92 Å². The zero-order valence-corrected chi connectivity index (χ0v) is 11.2. The number of amides is 1. The lowest BCUT2D eigenvalue weighted by Gasteiger charge is -2.37. The van der Waals surface area contributed by atoms with E-state index in [2.05, 4.69) is 34.5 Å². The standard InChI is InChI=1S/C15H21N3O/c19-15(13-6-7-16-12-13)18-10-8-17(9-11-18)14-4-2-1-3-5-14/h1-5,13,16H,6-12H2. The number of nitrogens with one attached hydrogen (secondary N) is 1. The number of carbonyl (C=O) groups excluding carboxylic acids is 1. The molecule has 1 unspecified atom stereocenters. The van der Waals surface area contributed by atoms with Crippen LogP contribution in [-0.2, 0) is 4.79 Å². The van der Waals surface area contributed by atoms with Crippen LogP contribution in [-0.4, -0.2) is 50.1 Å². The number of hydrogen-bond donors (Lipinski definition) is 1. The molecule has 3 rings (SSSR count). The van der Waals surface area contributed by atoms with Crippen molar-refractivity contribution in [3.63, 3.8) is 0 Å². The number of hydrogen-bond acceptors (Lipinski definition) is 3. The molecule has 0 radical (unpaired) electrons. The first kappa shape index (κ1) is 12.5. The third kappa shape index (κ3) is 2.73. The maximum atomic E-state index is 12.3. The Morgan fingerprint density at radius 1 is 1.11 bits per heavy atom. The monoisotopic (exact) mass is 259 g/mol. The highest BCUT2D eigenvalue weighted by molar-refractivity contribution is 5.79. The Kier molecular flexibility index (Phi) is 3.69. The van der Waals surface area contributed by atoms with E-state index in [1.165, 1.54) is 5.69 Å². The van der Waals surface area contributed by atoms with Crippen LogP contribution >= 0.6 is 0 Å². The van der Waals surface area contributed by atoms with E-state index in [0.29, 0.717) is 5.91 Å². The number of para-hydroxylation sites is 1. The number of piperazine rings is 1. The van der Waals surface area contributed by atoms with Crippen LogP contribution < -0.4 is 10.2 Å². The summed E-state index contributed by atoms with van der Waals surface area (Å²) in [6, 6.07) is 10.4. The van der Waals surface area contributed by atoms with Gasteiger partial charge in [0.2, 0.25) is 5.91 Å². The Morgan fingerprint density at radius 2 is 1.84 bits per heavy atom. The normalized spacial score (nSPS) is 23.7. The van der Waals surface area contributed by atoms with Crippen molar-refractivity contribution >= 4 is 11.6 Å².